The minimum absolute atomic E-state index is 0.889. The van der Waals surface area contributed by atoms with Crippen LogP contribution in [0.4, 0.5) is 0 Å². The van der Waals surface area contributed by atoms with Gasteiger partial charge in [0.25, 0.3) is 0 Å². The van der Waals surface area contributed by atoms with Crippen LogP contribution in [0.25, 0.3) is 0 Å². The quantitative estimate of drug-likeness (QED) is 0.582. The predicted molar refractivity (Wildman–Crippen MR) is 33.2 cm³/mol. The Kier molecular flexibility index (Phi) is 4.47. The molecule has 0 bridgehead atoms. The van der Waals surface area contributed by atoms with Gasteiger partial charge in [0.2, 0.25) is 0 Å². The standard InChI is InChI=1S/C6H12NO2.Zn/c8-4-1-7-2-5-9-6-3-7;/h1-6H2;/q-1;+1. The number of ether oxygens (including phenoxy) is 1. The molecule has 1 fully saturated rings. The Morgan fingerprint density at radius 3 is 2.70 bits per heavy atom. The van der Waals surface area contributed by atoms with E-state index in [1.54, 1.807) is 0 Å². The number of nitrogens with zero attached hydrogens (tertiary/aromatic N) is 1. The first-order chi connectivity index (χ1) is 4.93. The van der Waals surface area contributed by atoms with Gasteiger partial charge in [-0.3, -0.25) is 0 Å². The molecule has 1 saturated heterocycles. The maximum absolute atomic E-state index is 5.20. The van der Waals surface area contributed by atoms with Crippen LogP contribution in [0.2, 0.25) is 0 Å². The normalized spacial score (nSPS) is 21.4. The number of morpholine rings is 1. The van der Waals surface area contributed by atoms with Crippen molar-refractivity contribution in [3.05, 3.63) is 0 Å². The van der Waals surface area contributed by atoms with Crippen LogP contribution >= 0.6 is 0 Å². The third-order valence-corrected chi connectivity index (χ3v) is 2.26. The fourth-order valence-corrected chi connectivity index (χ4v) is 1.29. The van der Waals surface area contributed by atoms with E-state index < -0.39 is 0 Å². The van der Waals surface area contributed by atoms with E-state index in [0.29, 0.717) is 0 Å². The summed E-state index contributed by atoms with van der Waals surface area (Å²) in [5, 5.41) is 0. The summed E-state index contributed by atoms with van der Waals surface area (Å²) in [6, 6.07) is 0. The molecule has 55 valence electrons. The van der Waals surface area contributed by atoms with Gasteiger partial charge in [0.15, 0.2) is 0 Å². The molecule has 0 saturated carbocycles. The van der Waals surface area contributed by atoms with Crippen molar-refractivity contribution in [2.45, 2.75) is 0 Å². The Morgan fingerprint density at radius 1 is 1.40 bits per heavy atom. The third kappa shape index (κ3) is 3.06. The third-order valence-electron chi connectivity index (χ3n) is 1.66. The molecule has 0 spiro atoms. The summed E-state index contributed by atoms with van der Waals surface area (Å²) < 4.78 is 10.3. The zero-order valence-corrected chi connectivity index (χ0v) is 9.18. The minimum atomic E-state index is 0.889. The van der Waals surface area contributed by atoms with E-state index in [0.717, 1.165) is 58.1 Å². The second-order valence-corrected chi connectivity index (χ2v) is 3.22. The molecule has 1 aliphatic rings. The van der Waals surface area contributed by atoms with E-state index in [-0.39, 0.29) is 0 Å². The van der Waals surface area contributed by atoms with Crippen molar-refractivity contribution in [3.8, 4) is 0 Å². The maximum atomic E-state index is 5.20. The molecule has 1 heterocycles. The van der Waals surface area contributed by atoms with Gasteiger partial charge in [-0.05, 0) is 0 Å². The first-order valence-electron chi connectivity index (χ1n) is 3.60. The molecule has 0 aromatic rings. The van der Waals surface area contributed by atoms with E-state index >= 15 is 0 Å². The fourth-order valence-electron chi connectivity index (χ4n) is 1.02. The average Bonchev–Trinajstić information content (AvgIpc) is 2.03. The van der Waals surface area contributed by atoms with Crippen molar-refractivity contribution in [2.24, 2.45) is 0 Å². The van der Waals surface area contributed by atoms with Crippen molar-refractivity contribution < 1.29 is 27.0 Å². The molecule has 0 unspecified atom stereocenters. The van der Waals surface area contributed by atoms with Crippen molar-refractivity contribution in [1.82, 2.24) is 4.90 Å². The van der Waals surface area contributed by atoms with E-state index in [9.17, 15) is 0 Å². The Balaban J connectivity index is 2.02. The van der Waals surface area contributed by atoms with Crippen LogP contribution in [0.5, 0.6) is 0 Å². The molecule has 0 radical (unpaired) electrons. The molecule has 0 amide bonds. The van der Waals surface area contributed by atoms with Gasteiger partial charge in [0.05, 0.1) is 0 Å². The van der Waals surface area contributed by atoms with Crippen molar-refractivity contribution in [3.63, 3.8) is 0 Å². The molecule has 1 aliphatic heterocycles. The van der Waals surface area contributed by atoms with Gasteiger partial charge in [0.1, 0.15) is 0 Å². The zero-order chi connectivity index (χ0) is 7.23. The number of hydrogen-bond acceptors (Lipinski definition) is 3. The topological polar surface area (TPSA) is 21.7 Å². The molecule has 0 aliphatic carbocycles. The van der Waals surface area contributed by atoms with E-state index in [2.05, 4.69) is 4.90 Å². The first kappa shape index (κ1) is 8.60. The SMILES string of the molecule is [Zn][O]CCN1CCOCC1. The summed E-state index contributed by atoms with van der Waals surface area (Å²) in [6.07, 6.45) is 0. The molecular formula is C6H12NO2Zn. The van der Waals surface area contributed by atoms with Crippen molar-refractivity contribution >= 4 is 0 Å². The second kappa shape index (κ2) is 5.19. The van der Waals surface area contributed by atoms with E-state index in [1.165, 1.54) is 0 Å². The molecule has 0 aromatic heterocycles. The Morgan fingerprint density at radius 2 is 2.10 bits per heavy atom. The Labute approximate surface area is 71.8 Å². The van der Waals surface area contributed by atoms with Crippen LogP contribution in [-0.4, -0.2) is 44.4 Å². The molecule has 0 N–H and O–H groups in total. The van der Waals surface area contributed by atoms with Crippen LogP contribution < -0.4 is 0 Å². The van der Waals surface area contributed by atoms with Crippen molar-refractivity contribution in [1.29, 1.82) is 0 Å². The molecule has 4 heteroatoms. The van der Waals surface area contributed by atoms with Gasteiger partial charge >= 0.3 is 71.3 Å². The Hall–Kier alpha value is 0.503. The molecule has 0 atom stereocenters. The summed E-state index contributed by atoms with van der Waals surface area (Å²) in [4.78, 5) is 2.37. The van der Waals surface area contributed by atoms with Crippen LogP contribution in [0, 0.1) is 0 Å². The molecule has 3 nitrogen and oxygen atoms in total. The predicted octanol–water partition coefficient (Wildman–Crippen LogP) is -0.203. The van der Waals surface area contributed by atoms with Crippen LogP contribution in [0.15, 0.2) is 0 Å². The van der Waals surface area contributed by atoms with Crippen LogP contribution in [0.3, 0.4) is 0 Å². The van der Waals surface area contributed by atoms with Gasteiger partial charge in [-0.15, -0.1) is 0 Å². The summed E-state index contributed by atoms with van der Waals surface area (Å²) in [7, 11) is 0. The molecule has 0 aromatic carbocycles. The summed E-state index contributed by atoms with van der Waals surface area (Å²) in [5.74, 6) is 0. The molecule has 10 heavy (non-hydrogen) atoms. The number of rotatable bonds is 3. The zero-order valence-electron chi connectivity index (χ0n) is 6.21. The summed E-state index contributed by atoms with van der Waals surface area (Å²) in [6.45, 7) is 5.88. The van der Waals surface area contributed by atoms with Crippen molar-refractivity contribution in [2.75, 3.05) is 39.5 Å². The molecule has 1 rings (SSSR count). The van der Waals surface area contributed by atoms with Gasteiger partial charge < -0.3 is 0 Å². The van der Waals surface area contributed by atoms with Gasteiger partial charge in [0, 0.05) is 0 Å². The van der Waals surface area contributed by atoms with E-state index in [4.69, 9.17) is 8.30 Å². The van der Waals surface area contributed by atoms with Gasteiger partial charge in [-0.1, -0.05) is 0 Å². The first-order valence-corrected chi connectivity index (χ1v) is 4.81. The number of hydrogen-bond donors (Lipinski definition) is 0. The summed E-state index contributed by atoms with van der Waals surface area (Å²) in [5.41, 5.74) is 0. The summed E-state index contributed by atoms with van der Waals surface area (Å²) >= 11 is 0.949. The fraction of sp³-hybridized carbons (Fsp3) is 1.00. The molecular weight excluding hydrogens is 183 g/mol. The average molecular weight is 196 g/mol. The second-order valence-electron chi connectivity index (χ2n) is 2.36. The Bertz CT molecular complexity index is 85.8. The monoisotopic (exact) mass is 194 g/mol. The van der Waals surface area contributed by atoms with Crippen LogP contribution in [-0.2, 0) is 27.0 Å². The van der Waals surface area contributed by atoms with Gasteiger partial charge in [-0.2, -0.15) is 0 Å². The van der Waals surface area contributed by atoms with E-state index in [1.807, 2.05) is 0 Å². The van der Waals surface area contributed by atoms with Crippen LogP contribution in [0.1, 0.15) is 0 Å². The van der Waals surface area contributed by atoms with Gasteiger partial charge in [-0.25, -0.2) is 0 Å².